The highest BCUT2D eigenvalue weighted by molar-refractivity contribution is 7.92. The van der Waals surface area contributed by atoms with Gasteiger partial charge in [-0.05, 0) is 24.3 Å². The van der Waals surface area contributed by atoms with Crippen LogP contribution in [0.3, 0.4) is 0 Å². The molecule has 1 atom stereocenters. The van der Waals surface area contributed by atoms with Crippen LogP contribution in [0.2, 0.25) is 0 Å². The number of carboxylic acids is 1. The molecule has 1 aromatic carbocycles. The lowest BCUT2D eigenvalue weighted by atomic mass is 10.2. The van der Waals surface area contributed by atoms with Crippen LogP contribution in [0, 0.1) is 17.6 Å². The first-order chi connectivity index (χ1) is 12.1. The van der Waals surface area contributed by atoms with Crippen LogP contribution < -0.4 is 9.62 Å². The molecule has 0 bridgehead atoms. The first-order valence-electron chi connectivity index (χ1n) is 7.48. The van der Waals surface area contributed by atoms with Crippen LogP contribution in [0.5, 0.6) is 0 Å². The second kappa shape index (κ2) is 7.65. The summed E-state index contributed by atoms with van der Waals surface area (Å²) in [5.74, 6) is -3.44. The van der Waals surface area contributed by atoms with E-state index in [1.807, 2.05) is 0 Å². The van der Waals surface area contributed by atoms with E-state index in [0.717, 1.165) is 24.4 Å². The van der Waals surface area contributed by atoms with Gasteiger partial charge in [-0.3, -0.25) is 9.52 Å². The Balaban J connectivity index is 2.15. The first kappa shape index (κ1) is 19.6. The molecule has 0 saturated carbocycles. The van der Waals surface area contributed by atoms with E-state index >= 15 is 0 Å². The second-order valence-corrected chi connectivity index (χ2v) is 7.39. The number of hydrogen-bond acceptors (Lipinski definition) is 5. The fourth-order valence-electron chi connectivity index (χ4n) is 2.11. The van der Waals surface area contributed by atoms with Crippen molar-refractivity contribution in [2.75, 3.05) is 23.2 Å². The summed E-state index contributed by atoms with van der Waals surface area (Å²) in [4.78, 5) is 16.3. The zero-order valence-electron chi connectivity index (χ0n) is 14.0. The summed E-state index contributed by atoms with van der Waals surface area (Å²) in [5, 5.41) is 8.92. The molecule has 26 heavy (non-hydrogen) atoms. The van der Waals surface area contributed by atoms with Gasteiger partial charge in [-0.1, -0.05) is 6.92 Å². The highest BCUT2D eigenvalue weighted by Crippen LogP contribution is 2.19. The van der Waals surface area contributed by atoms with Crippen LogP contribution in [-0.4, -0.2) is 38.1 Å². The van der Waals surface area contributed by atoms with Gasteiger partial charge >= 0.3 is 5.97 Å². The van der Waals surface area contributed by atoms with Gasteiger partial charge in [0.1, 0.15) is 10.7 Å². The number of carboxylic acid groups (broad SMARTS) is 1. The Morgan fingerprint density at radius 1 is 1.27 bits per heavy atom. The van der Waals surface area contributed by atoms with E-state index < -0.39 is 33.5 Å². The van der Waals surface area contributed by atoms with Gasteiger partial charge in [-0.2, -0.15) is 0 Å². The Bertz CT molecular complexity index is 904. The summed E-state index contributed by atoms with van der Waals surface area (Å²) in [6.45, 7) is 1.74. The van der Waals surface area contributed by atoms with E-state index in [9.17, 15) is 22.0 Å². The molecule has 0 saturated heterocycles. The number of aliphatic carboxylic acids is 1. The molecule has 0 fully saturated rings. The fraction of sp³-hybridized carbons (Fsp3) is 0.250. The molecule has 0 aliphatic carbocycles. The van der Waals surface area contributed by atoms with Gasteiger partial charge in [-0.25, -0.2) is 22.2 Å². The van der Waals surface area contributed by atoms with E-state index in [0.29, 0.717) is 5.82 Å². The number of sulfonamides is 1. The fourth-order valence-corrected chi connectivity index (χ4v) is 3.11. The van der Waals surface area contributed by atoms with Crippen molar-refractivity contribution in [3.63, 3.8) is 0 Å². The highest BCUT2D eigenvalue weighted by Gasteiger charge is 2.18. The molecule has 2 rings (SSSR count). The molecule has 140 valence electrons. The van der Waals surface area contributed by atoms with Crippen molar-refractivity contribution in [2.45, 2.75) is 11.8 Å². The van der Waals surface area contributed by atoms with Crippen molar-refractivity contribution in [3.8, 4) is 0 Å². The van der Waals surface area contributed by atoms with Crippen LogP contribution in [0.1, 0.15) is 6.92 Å². The molecule has 0 aliphatic heterocycles. The van der Waals surface area contributed by atoms with Gasteiger partial charge in [0.05, 0.1) is 11.6 Å². The van der Waals surface area contributed by atoms with Gasteiger partial charge in [0, 0.05) is 25.9 Å². The second-order valence-electron chi connectivity index (χ2n) is 5.71. The Labute approximate surface area is 149 Å². The topological polar surface area (TPSA) is 99.6 Å². The largest absolute Gasteiger partial charge is 0.481 e. The predicted octanol–water partition coefficient (Wildman–Crippen LogP) is 2.32. The van der Waals surface area contributed by atoms with Crippen molar-refractivity contribution < 1.29 is 27.1 Å². The smallest absolute Gasteiger partial charge is 0.308 e. The third kappa shape index (κ3) is 4.66. The molecule has 0 amide bonds. The van der Waals surface area contributed by atoms with E-state index in [1.54, 1.807) is 18.9 Å². The van der Waals surface area contributed by atoms with Crippen molar-refractivity contribution in [2.24, 2.45) is 5.92 Å². The minimum Gasteiger partial charge on any atom is -0.481 e. The minimum absolute atomic E-state index is 0.125. The number of anilines is 2. The number of nitrogens with zero attached hydrogens (tertiary/aromatic N) is 2. The summed E-state index contributed by atoms with van der Waals surface area (Å²) in [6.07, 6.45) is 1.10. The van der Waals surface area contributed by atoms with Crippen LogP contribution in [0.25, 0.3) is 0 Å². The maximum Gasteiger partial charge on any atom is 0.308 e. The maximum atomic E-state index is 13.2. The SMILES string of the molecule is CC(CN(C)c1ccc(S(=O)(=O)Nc2ccc(F)c(F)c2)cn1)C(=O)O. The van der Waals surface area contributed by atoms with Crippen molar-refractivity contribution in [1.82, 2.24) is 4.98 Å². The predicted molar refractivity (Wildman–Crippen MR) is 91.5 cm³/mol. The van der Waals surface area contributed by atoms with E-state index in [2.05, 4.69) is 9.71 Å². The van der Waals surface area contributed by atoms with Gasteiger partial charge in [0.25, 0.3) is 10.0 Å². The quantitative estimate of drug-likeness (QED) is 0.759. The Morgan fingerprint density at radius 3 is 2.50 bits per heavy atom. The van der Waals surface area contributed by atoms with E-state index in [1.165, 1.54) is 12.1 Å². The Hall–Kier alpha value is -2.75. The molecule has 2 aromatic rings. The van der Waals surface area contributed by atoms with E-state index in [-0.39, 0.29) is 17.1 Å². The van der Waals surface area contributed by atoms with Crippen LogP contribution in [-0.2, 0) is 14.8 Å². The molecule has 1 heterocycles. The van der Waals surface area contributed by atoms with Crippen LogP contribution in [0.15, 0.2) is 41.4 Å². The summed E-state index contributed by atoms with van der Waals surface area (Å²) in [5.41, 5.74) is -0.125. The van der Waals surface area contributed by atoms with Crippen LogP contribution >= 0.6 is 0 Å². The van der Waals surface area contributed by atoms with Crippen molar-refractivity contribution >= 4 is 27.5 Å². The zero-order valence-corrected chi connectivity index (χ0v) is 14.8. The van der Waals surface area contributed by atoms with Gasteiger partial charge in [0.15, 0.2) is 11.6 Å². The summed E-state index contributed by atoms with van der Waals surface area (Å²) < 4.78 is 52.8. The van der Waals surface area contributed by atoms with Gasteiger partial charge in [-0.15, -0.1) is 0 Å². The van der Waals surface area contributed by atoms with Gasteiger partial charge in [0.2, 0.25) is 0 Å². The number of aromatic nitrogens is 1. The summed E-state index contributed by atoms with van der Waals surface area (Å²) in [6, 6.07) is 5.35. The first-order valence-corrected chi connectivity index (χ1v) is 8.96. The zero-order chi connectivity index (χ0) is 19.5. The molecule has 0 radical (unpaired) electrons. The number of rotatable bonds is 7. The Kier molecular flexibility index (Phi) is 5.76. The molecular formula is C16H17F2N3O4S. The molecule has 0 aliphatic rings. The number of halogens is 2. The summed E-state index contributed by atoms with van der Waals surface area (Å²) >= 11 is 0. The third-order valence-electron chi connectivity index (χ3n) is 3.56. The lowest BCUT2D eigenvalue weighted by Crippen LogP contribution is -2.29. The third-order valence-corrected chi connectivity index (χ3v) is 4.93. The molecular weight excluding hydrogens is 368 g/mol. The molecule has 10 heteroatoms. The average Bonchev–Trinajstić information content (AvgIpc) is 2.58. The van der Waals surface area contributed by atoms with Crippen molar-refractivity contribution in [3.05, 3.63) is 48.2 Å². The lowest BCUT2D eigenvalue weighted by molar-refractivity contribution is -0.140. The standard InChI is InChI=1S/C16H17F2N3O4S/c1-10(16(22)23)9-21(2)15-6-4-12(8-19-15)26(24,25)20-11-3-5-13(17)14(18)7-11/h3-8,10,20H,9H2,1-2H3,(H,22,23). The minimum atomic E-state index is -4.04. The molecule has 2 N–H and O–H groups in total. The number of carbonyl (C=O) groups is 1. The van der Waals surface area contributed by atoms with E-state index in [4.69, 9.17) is 5.11 Å². The van der Waals surface area contributed by atoms with Gasteiger partial charge < -0.3 is 10.0 Å². The average molecular weight is 385 g/mol. The van der Waals surface area contributed by atoms with Crippen LogP contribution in [0.4, 0.5) is 20.3 Å². The lowest BCUT2D eigenvalue weighted by Gasteiger charge is -2.20. The van der Waals surface area contributed by atoms with Crippen molar-refractivity contribution in [1.29, 1.82) is 0 Å². The molecule has 0 spiro atoms. The number of nitrogens with one attached hydrogen (secondary N) is 1. The number of benzene rings is 1. The Morgan fingerprint density at radius 2 is 1.96 bits per heavy atom. The molecule has 1 aromatic heterocycles. The molecule has 7 nitrogen and oxygen atoms in total. The molecule has 1 unspecified atom stereocenters. The number of hydrogen-bond donors (Lipinski definition) is 2. The summed E-state index contributed by atoms with van der Waals surface area (Å²) in [7, 11) is -2.40. The monoisotopic (exact) mass is 385 g/mol. The normalized spacial score (nSPS) is 12.5. The highest BCUT2D eigenvalue weighted by atomic mass is 32.2. The maximum absolute atomic E-state index is 13.2. The number of pyridine rings is 1.